The summed E-state index contributed by atoms with van der Waals surface area (Å²) in [5.41, 5.74) is 0.0590. The molecule has 0 bridgehead atoms. The molecule has 0 saturated carbocycles. The van der Waals surface area contributed by atoms with Gasteiger partial charge in [0, 0.05) is 17.3 Å². The lowest BCUT2D eigenvalue weighted by atomic mass is 9.98. The quantitative estimate of drug-likeness (QED) is 0.170. The topological polar surface area (TPSA) is 132 Å². The van der Waals surface area contributed by atoms with E-state index in [0.717, 1.165) is 4.57 Å². The Bertz CT molecular complexity index is 1420. The van der Waals surface area contributed by atoms with Crippen molar-refractivity contribution in [1.29, 1.82) is 0 Å². The molecule has 176 valence electrons. The standard InChI is InChI=1S/C26H20N2O7/c1-2-35-26(32)17-12-14-18(15-13-17)27-22(19-10-6-7-11-20(19)28(33)34)21(24(30)25(27)31)23(29)16-8-4-3-5-9-16/h3-15,30-31H,2H2,1H3. The average Bonchev–Trinajstić information content (AvgIpc) is 3.14. The fourth-order valence-corrected chi connectivity index (χ4v) is 3.80. The van der Waals surface area contributed by atoms with E-state index in [4.69, 9.17) is 4.74 Å². The molecule has 9 nitrogen and oxygen atoms in total. The number of rotatable bonds is 7. The number of carbonyl (C=O) groups is 2. The van der Waals surface area contributed by atoms with E-state index in [1.165, 1.54) is 54.6 Å². The van der Waals surface area contributed by atoms with Crippen molar-refractivity contribution in [2.24, 2.45) is 0 Å². The monoisotopic (exact) mass is 472 g/mol. The van der Waals surface area contributed by atoms with Crippen LogP contribution in [-0.2, 0) is 4.74 Å². The number of nitrogens with zero attached hydrogens (tertiary/aromatic N) is 2. The number of benzene rings is 3. The van der Waals surface area contributed by atoms with Crippen LogP contribution in [-0.4, -0.2) is 38.1 Å². The predicted molar refractivity (Wildman–Crippen MR) is 127 cm³/mol. The van der Waals surface area contributed by atoms with E-state index >= 15 is 0 Å². The van der Waals surface area contributed by atoms with Gasteiger partial charge in [0.15, 0.2) is 11.5 Å². The summed E-state index contributed by atoms with van der Waals surface area (Å²) in [7, 11) is 0. The van der Waals surface area contributed by atoms with Crippen LogP contribution in [0.4, 0.5) is 5.69 Å². The maximum atomic E-state index is 13.4. The molecule has 1 heterocycles. The lowest BCUT2D eigenvalue weighted by molar-refractivity contribution is -0.384. The summed E-state index contributed by atoms with van der Waals surface area (Å²) in [6.07, 6.45) is 0. The highest BCUT2D eigenvalue weighted by Crippen LogP contribution is 2.46. The van der Waals surface area contributed by atoms with Crippen LogP contribution >= 0.6 is 0 Å². The third-order valence-corrected chi connectivity index (χ3v) is 5.38. The lowest BCUT2D eigenvalue weighted by Crippen LogP contribution is -2.07. The molecule has 0 atom stereocenters. The minimum atomic E-state index is -0.721. The van der Waals surface area contributed by atoms with E-state index in [1.54, 1.807) is 31.2 Å². The molecule has 9 heteroatoms. The van der Waals surface area contributed by atoms with E-state index in [9.17, 15) is 29.9 Å². The number of nitro groups is 1. The second kappa shape index (κ2) is 9.52. The van der Waals surface area contributed by atoms with E-state index in [0.29, 0.717) is 0 Å². The molecule has 4 rings (SSSR count). The first-order valence-electron chi connectivity index (χ1n) is 10.6. The zero-order valence-electron chi connectivity index (χ0n) is 18.5. The van der Waals surface area contributed by atoms with Crippen molar-refractivity contribution in [2.45, 2.75) is 6.92 Å². The highest BCUT2D eigenvalue weighted by atomic mass is 16.6. The number of aromatic nitrogens is 1. The summed E-state index contributed by atoms with van der Waals surface area (Å²) in [6.45, 7) is 1.87. The summed E-state index contributed by atoms with van der Waals surface area (Å²) in [5.74, 6) is -2.58. The molecule has 0 aliphatic rings. The molecule has 1 aromatic heterocycles. The van der Waals surface area contributed by atoms with Gasteiger partial charge in [0.05, 0.1) is 33.9 Å². The van der Waals surface area contributed by atoms with Crippen LogP contribution in [0.3, 0.4) is 0 Å². The summed E-state index contributed by atoms with van der Waals surface area (Å²) < 4.78 is 6.12. The number of aromatic hydroxyl groups is 2. The van der Waals surface area contributed by atoms with Gasteiger partial charge in [-0.1, -0.05) is 42.5 Å². The Kier molecular flexibility index (Phi) is 6.32. The van der Waals surface area contributed by atoms with Gasteiger partial charge in [0.25, 0.3) is 5.69 Å². The minimum absolute atomic E-state index is 0.0156. The SMILES string of the molecule is CCOC(=O)c1ccc(-n2c(O)c(O)c(C(=O)c3ccccc3)c2-c2ccccc2[N+](=O)[O-])cc1. The Labute approximate surface area is 199 Å². The first kappa shape index (κ1) is 23.2. The Morgan fingerprint density at radius 1 is 0.914 bits per heavy atom. The van der Waals surface area contributed by atoms with E-state index in [2.05, 4.69) is 0 Å². The van der Waals surface area contributed by atoms with Crippen LogP contribution < -0.4 is 0 Å². The molecule has 2 N–H and O–H groups in total. The number of hydrogen-bond donors (Lipinski definition) is 2. The van der Waals surface area contributed by atoms with Gasteiger partial charge in [-0.3, -0.25) is 19.5 Å². The number of ether oxygens (including phenoxy) is 1. The van der Waals surface area contributed by atoms with Gasteiger partial charge in [-0.05, 0) is 37.3 Å². The normalized spacial score (nSPS) is 10.7. The van der Waals surface area contributed by atoms with Crippen LogP contribution in [0.5, 0.6) is 11.6 Å². The van der Waals surface area contributed by atoms with E-state index in [-0.39, 0.29) is 45.9 Å². The molecule has 4 aromatic rings. The molecule has 0 spiro atoms. The summed E-state index contributed by atoms with van der Waals surface area (Å²) >= 11 is 0. The van der Waals surface area contributed by atoms with Crippen LogP contribution in [0.15, 0.2) is 78.9 Å². The number of nitro benzene ring substituents is 1. The zero-order chi connectivity index (χ0) is 25.1. The van der Waals surface area contributed by atoms with Crippen molar-refractivity contribution in [3.8, 4) is 28.6 Å². The van der Waals surface area contributed by atoms with Crippen molar-refractivity contribution < 1.29 is 29.5 Å². The fourth-order valence-electron chi connectivity index (χ4n) is 3.80. The largest absolute Gasteiger partial charge is 0.503 e. The second-order valence-corrected chi connectivity index (χ2v) is 7.47. The number of esters is 1. The van der Waals surface area contributed by atoms with Gasteiger partial charge in [-0.25, -0.2) is 4.79 Å². The predicted octanol–water partition coefficient (Wildman–Crippen LogP) is 4.87. The van der Waals surface area contributed by atoms with Crippen LogP contribution in [0, 0.1) is 10.1 Å². The molecular formula is C26H20N2O7. The Hall–Kier alpha value is -4.92. The van der Waals surface area contributed by atoms with Crippen molar-refractivity contribution in [1.82, 2.24) is 4.57 Å². The van der Waals surface area contributed by atoms with Crippen LogP contribution in [0.2, 0.25) is 0 Å². The van der Waals surface area contributed by atoms with Crippen molar-refractivity contribution in [3.63, 3.8) is 0 Å². The van der Waals surface area contributed by atoms with Gasteiger partial charge in [-0.2, -0.15) is 0 Å². The first-order valence-corrected chi connectivity index (χ1v) is 10.6. The number of carbonyl (C=O) groups excluding carboxylic acids is 2. The van der Waals surface area contributed by atoms with Crippen molar-refractivity contribution in [2.75, 3.05) is 6.61 Å². The van der Waals surface area contributed by atoms with Crippen molar-refractivity contribution >= 4 is 17.4 Å². The molecular weight excluding hydrogens is 452 g/mol. The molecule has 0 aliphatic carbocycles. The third-order valence-electron chi connectivity index (χ3n) is 5.38. The zero-order valence-corrected chi connectivity index (χ0v) is 18.5. The molecule has 0 amide bonds. The van der Waals surface area contributed by atoms with Crippen molar-refractivity contribution in [3.05, 3.63) is 106 Å². The van der Waals surface area contributed by atoms with Gasteiger partial charge >= 0.3 is 5.97 Å². The first-order chi connectivity index (χ1) is 16.8. The second-order valence-electron chi connectivity index (χ2n) is 7.47. The third kappa shape index (κ3) is 4.22. The van der Waals surface area contributed by atoms with Crippen LogP contribution in [0.1, 0.15) is 33.2 Å². The Morgan fingerprint density at radius 3 is 2.17 bits per heavy atom. The fraction of sp³-hybridized carbons (Fsp3) is 0.0769. The van der Waals surface area contributed by atoms with Gasteiger partial charge in [-0.15, -0.1) is 0 Å². The van der Waals surface area contributed by atoms with Gasteiger partial charge < -0.3 is 14.9 Å². The maximum absolute atomic E-state index is 13.4. The lowest BCUT2D eigenvalue weighted by Gasteiger charge is -2.13. The average molecular weight is 472 g/mol. The Balaban J connectivity index is 2.00. The molecule has 0 radical (unpaired) electrons. The number of ketones is 1. The molecule has 3 aromatic carbocycles. The number of hydrogen-bond acceptors (Lipinski definition) is 7. The van der Waals surface area contributed by atoms with Gasteiger partial charge in [0.2, 0.25) is 5.88 Å². The molecule has 0 fully saturated rings. The highest BCUT2D eigenvalue weighted by molar-refractivity contribution is 6.15. The molecule has 0 saturated heterocycles. The summed E-state index contributed by atoms with van der Waals surface area (Å²) in [6, 6.07) is 19.6. The van der Waals surface area contributed by atoms with Gasteiger partial charge in [0.1, 0.15) is 0 Å². The molecule has 0 unspecified atom stereocenters. The molecule has 0 aliphatic heterocycles. The minimum Gasteiger partial charge on any atom is -0.503 e. The number of para-hydroxylation sites is 1. The van der Waals surface area contributed by atoms with E-state index in [1.807, 2.05) is 0 Å². The Morgan fingerprint density at radius 2 is 1.54 bits per heavy atom. The smallest absolute Gasteiger partial charge is 0.338 e. The van der Waals surface area contributed by atoms with Crippen LogP contribution in [0.25, 0.3) is 16.9 Å². The summed E-state index contributed by atoms with van der Waals surface area (Å²) in [5, 5.41) is 33.6. The summed E-state index contributed by atoms with van der Waals surface area (Å²) in [4.78, 5) is 36.7. The van der Waals surface area contributed by atoms with E-state index < -0.39 is 28.3 Å². The molecule has 35 heavy (non-hydrogen) atoms. The maximum Gasteiger partial charge on any atom is 0.338 e. The highest BCUT2D eigenvalue weighted by Gasteiger charge is 2.32.